The molecule has 0 amide bonds. The number of nitrogens with zero attached hydrogens (tertiary/aromatic N) is 4. The van der Waals surface area contributed by atoms with Crippen molar-refractivity contribution in [3.8, 4) is 0 Å². The Morgan fingerprint density at radius 1 is 0.941 bits per heavy atom. The van der Waals surface area contributed by atoms with E-state index in [1.807, 2.05) is 28.8 Å². The van der Waals surface area contributed by atoms with Crippen molar-refractivity contribution in [1.29, 1.82) is 0 Å². The third-order valence-corrected chi connectivity index (χ3v) is 2.92. The van der Waals surface area contributed by atoms with Gasteiger partial charge in [0.1, 0.15) is 22.8 Å². The number of aryl methyl sites for hydroxylation is 4. The molecule has 3 heterocycles. The number of aromatic nitrogens is 5. The summed E-state index contributed by atoms with van der Waals surface area (Å²) in [7, 11) is 0. The summed E-state index contributed by atoms with van der Waals surface area (Å²) in [4.78, 5) is 9.06. The van der Waals surface area contributed by atoms with Crippen molar-refractivity contribution in [1.82, 2.24) is 15.1 Å². The third kappa shape index (κ3) is 1.39. The van der Waals surface area contributed by atoms with Gasteiger partial charge in [-0.2, -0.15) is 0 Å². The fraction of sp³-hybridized carbons (Fsp3) is 0.333. The summed E-state index contributed by atoms with van der Waals surface area (Å²) in [5.74, 6) is 1.70. The maximum atomic E-state index is 4.57. The molecule has 5 nitrogen and oxygen atoms in total. The van der Waals surface area contributed by atoms with Crippen LogP contribution in [-0.2, 0) is 0 Å². The van der Waals surface area contributed by atoms with Crippen LogP contribution in [-0.4, -0.2) is 15.1 Å². The molecule has 0 aliphatic rings. The van der Waals surface area contributed by atoms with Crippen LogP contribution < -0.4 is 8.92 Å². The van der Waals surface area contributed by atoms with Gasteiger partial charge >= 0.3 is 11.6 Å². The van der Waals surface area contributed by atoms with Crippen molar-refractivity contribution in [3.63, 3.8) is 0 Å². The van der Waals surface area contributed by atoms with Gasteiger partial charge in [-0.05, 0) is 37.7 Å². The quantitative estimate of drug-likeness (QED) is 0.571. The number of rotatable bonds is 0. The minimum atomic E-state index is 0.823. The van der Waals surface area contributed by atoms with E-state index in [1.165, 1.54) is 0 Å². The van der Waals surface area contributed by atoms with Gasteiger partial charge in [-0.3, -0.25) is 0 Å². The zero-order chi connectivity index (χ0) is 12.2. The van der Waals surface area contributed by atoms with Gasteiger partial charge in [0.25, 0.3) is 0 Å². The maximum Gasteiger partial charge on any atom is 0.483 e. The van der Waals surface area contributed by atoms with Gasteiger partial charge in [-0.1, -0.05) is 9.61 Å². The Morgan fingerprint density at radius 2 is 1.59 bits per heavy atom. The third-order valence-electron chi connectivity index (χ3n) is 2.92. The molecule has 0 bridgehead atoms. The van der Waals surface area contributed by atoms with Crippen LogP contribution in [0.4, 0.5) is 0 Å². The molecule has 0 saturated heterocycles. The second-order valence-electron chi connectivity index (χ2n) is 4.48. The summed E-state index contributed by atoms with van der Waals surface area (Å²) in [6, 6.07) is 4.10. The molecule has 0 fully saturated rings. The van der Waals surface area contributed by atoms with Gasteiger partial charge in [-0.15, -0.1) is 4.40 Å². The number of aromatic amines is 1. The molecule has 0 unspecified atom stereocenters. The molecule has 0 radical (unpaired) electrons. The second-order valence-corrected chi connectivity index (χ2v) is 4.48. The standard InChI is InChI=1S/C12H14N5/c1-7-5-9(3)16-11(13-7)15-17-10(4)6-8(2)14-12(16)17/h5-6H,1-4H3/q+1/p+1. The Hall–Kier alpha value is -2.04. The molecule has 86 valence electrons. The van der Waals surface area contributed by atoms with E-state index in [2.05, 4.69) is 35.0 Å². The average molecular weight is 229 g/mol. The first-order valence-electron chi connectivity index (χ1n) is 5.64. The zero-order valence-corrected chi connectivity index (χ0v) is 10.4. The van der Waals surface area contributed by atoms with E-state index in [1.54, 1.807) is 0 Å². The molecule has 0 aliphatic carbocycles. The van der Waals surface area contributed by atoms with Crippen molar-refractivity contribution in [2.24, 2.45) is 0 Å². The Balaban J connectivity index is 2.60. The Bertz CT molecular complexity index is 742. The number of hydrogen-bond donors (Lipinski definition) is 1. The maximum absolute atomic E-state index is 4.57. The number of hydrogen-bond acceptors (Lipinski definition) is 2. The van der Waals surface area contributed by atoms with Gasteiger partial charge in [-0.25, -0.2) is 0 Å². The lowest BCUT2D eigenvalue weighted by Gasteiger charge is -1.90. The van der Waals surface area contributed by atoms with Crippen molar-refractivity contribution < 1.29 is 8.92 Å². The largest absolute Gasteiger partial charge is 0.483 e. The van der Waals surface area contributed by atoms with Crippen molar-refractivity contribution >= 4 is 11.6 Å². The van der Waals surface area contributed by atoms with Crippen LogP contribution in [0.1, 0.15) is 22.8 Å². The van der Waals surface area contributed by atoms with Crippen LogP contribution in [0.25, 0.3) is 11.6 Å². The van der Waals surface area contributed by atoms with E-state index in [4.69, 9.17) is 0 Å². The molecule has 0 aromatic carbocycles. The van der Waals surface area contributed by atoms with Gasteiger partial charge in [0, 0.05) is 12.1 Å². The van der Waals surface area contributed by atoms with Crippen molar-refractivity contribution in [3.05, 3.63) is 34.9 Å². The molecule has 3 aromatic rings. The highest BCUT2D eigenvalue weighted by Crippen LogP contribution is 2.01. The number of nitrogens with one attached hydrogen (secondary N) is 1. The summed E-state index contributed by atoms with van der Waals surface area (Å²) < 4.78 is 3.99. The lowest BCUT2D eigenvalue weighted by Crippen LogP contribution is -2.35. The van der Waals surface area contributed by atoms with Gasteiger partial charge in [0.2, 0.25) is 0 Å². The molecule has 3 rings (SSSR count). The van der Waals surface area contributed by atoms with Gasteiger partial charge in [0.05, 0.1) is 0 Å². The minimum absolute atomic E-state index is 0.823. The highest BCUT2D eigenvalue weighted by molar-refractivity contribution is 5.25. The first kappa shape index (κ1) is 10.1. The van der Waals surface area contributed by atoms with Crippen molar-refractivity contribution in [2.75, 3.05) is 0 Å². The zero-order valence-electron chi connectivity index (χ0n) is 10.4. The smallest absolute Gasteiger partial charge is 0.110 e. The lowest BCUT2D eigenvalue weighted by molar-refractivity contribution is -0.632. The molecule has 17 heavy (non-hydrogen) atoms. The molecule has 0 saturated carbocycles. The van der Waals surface area contributed by atoms with Crippen LogP contribution in [0.15, 0.2) is 12.1 Å². The van der Waals surface area contributed by atoms with Gasteiger partial charge in [0.15, 0.2) is 0 Å². The van der Waals surface area contributed by atoms with Crippen LogP contribution in [0, 0.1) is 27.7 Å². The SMILES string of the molecule is Cc1cc(C)[n+]2c(n1)[nH][n+]1c(C)cc(C)nc12. The van der Waals surface area contributed by atoms with E-state index in [-0.39, 0.29) is 0 Å². The summed E-state index contributed by atoms with van der Waals surface area (Å²) in [5.41, 5.74) is 4.26. The lowest BCUT2D eigenvalue weighted by atomic mass is 10.3. The first-order valence-corrected chi connectivity index (χ1v) is 5.64. The van der Waals surface area contributed by atoms with E-state index < -0.39 is 0 Å². The minimum Gasteiger partial charge on any atom is -0.110 e. The van der Waals surface area contributed by atoms with E-state index in [0.717, 1.165) is 34.3 Å². The monoisotopic (exact) mass is 229 g/mol. The van der Waals surface area contributed by atoms with Crippen LogP contribution >= 0.6 is 0 Å². The highest BCUT2D eigenvalue weighted by atomic mass is 15.4. The van der Waals surface area contributed by atoms with Gasteiger partial charge < -0.3 is 0 Å². The van der Waals surface area contributed by atoms with E-state index >= 15 is 0 Å². The molecule has 0 atom stereocenters. The Kier molecular flexibility index (Phi) is 1.92. The fourth-order valence-corrected chi connectivity index (χ4v) is 2.26. The summed E-state index contributed by atoms with van der Waals surface area (Å²) in [5, 5.41) is 3.26. The summed E-state index contributed by atoms with van der Waals surface area (Å²) >= 11 is 0. The fourth-order valence-electron chi connectivity index (χ4n) is 2.26. The first-order chi connectivity index (χ1) is 8.06. The summed E-state index contributed by atoms with van der Waals surface area (Å²) in [6.45, 7) is 8.12. The van der Waals surface area contributed by atoms with E-state index in [0.29, 0.717) is 0 Å². The van der Waals surface area contributed by atoms with E-state index in [9.17, 15) is 0 Å². The molecule has 0 aliphatic heterocycles. The second kappa shape index (κ2) is 3.23. The Labute approximate surface area is 98.8 Å². The Morgan fingerprint density at radius 3 is 2.35 bits per heavy atom. The molecule has 0 spiro atoms. The molecule has 1 N–H and O–H groups in total. The topological polar surface area (TPSA) is 49.8 Å². The molecular formula is C12H15N5+2. The molecular weight excluding hydrogens is 214 g/mol. The van der Waals surface area contributed by atoms with Crippen LogP contribution in [0.5, 0.6) is 0 Å². The predicted molar refractivity (Wildman–Crippen MR) is 61.7 cm³/mol. The molecule has 5 heteroatoms. The summed E-state index contributed by atoms with van der Waals surface area (Å²) in [6.07, 6.45) is 0. The highest BCUT2D eigenvalue weighted by Gasteiger charge is 2.25. The van der Waals surface area contributed by atoms with Crippen LogP contribution in [0.3, 0.4) is 0 Å². The number of H-pyrrole nitrogens is 1. The van der Waals surface area contributed by atoms with Crippen LogP contribution in [0.2, 0.25) is 0 Å². The van der Waals surface area contributed by atoms with Crippen molar-refractivity contribution in [2.45, 2.75) is 27.7 Å². The molecule has 3 aromatic heterocycles. The number of fused-ring (bicyclic) bond motifs is 3. The average Bonchev–Trinajstić information content (AvgIpc) is 2.56. The predicted octanol–water partition coefficient (Wildman–Crippen LogP) is 0.516. The normalized spacial score (nSPS) is 11.5.